The largest absolute Gasteiger partial charge is 0.507 e. The van der Waals surface area contributed by atoms with Crippen LogP contribution in [0.2, 0.25) is 0 Å². The molecule has 2 aromatic carbocycles. The molecule has 0 aromatic heterocycles. The second-order valence-electron chi connectivity index (χ2n) is 7.49. The van der Waals surface area contributed by atoms with Crippen LogP contribution in [0.5, 0.6) is 23.0 Å². The molecule has 0 spiro atoms. The molecule has 3 rings (SSSR count). The van der Waals surface area contributed by atoms with Gasteiger partial charge in [-0.15, -0.1) is 0 Å². The summed E-state index contributed by atoms with van der Waals surface area (Å²) < 4.78 is 4.96. The molecule has 1 atom stereocenters. The zero-order chi connectivity index (χ0) is 21.3. The number of phenolic OH excluding ortho intramolecular Hbond substituents is 3. The van der Waals surface area contributed by atoms with Gasteiger partial charge in [0.05, 0.1) is 23.5 Å². The van der Waals surface area contributed by atoms with Crippen LogP contribution in [0.1, 0.15) is 47.1 Å². The molecule has 28 heavy (non-hydrogen) atoms. The number of ether oxygens (including phenoxy) is 1. The summed E-state index contributed by atoms with van der Waals surface area (Å²) in [6, 6.07) is 1.19. The van der Waals surface area contributed by atoms with Gasteiger partial charge in [0, 0.05) is 10.9 Å². The fourth-order valence-electron chi connectivity index (χ4n) is 3.74. The first-order valence-corrected chi connectivity index (χ1v) is 8.45. The first-order chi connectivity index (χ1) is 12.8. The predicted octanol–water partition coefficient (Wildman–Crippen LogP) is 2.00. The molecule has 0 amide bonds. The van der Waals surface area contributed by atoms with Gasteiger partial charge in [0.2, 0.25) is 22.9 Å². The molecule has 2 aromatic rings. The van der Waals surface area contributed by atoms with Gasteiger partial charge >= 0.3 is 0 Å². The van der Waals surface area contributed by atoms with Gasteiger partial charge in [-0.05, 0) is 39.3 Å². The lowest BCUT2D eigenvalue weighted by molar-refractivity contribution is -0.133. The highest BCUT2D eigenvalue weighted by molar-refractivity contribution is 6.37. The van der Waals surface area contributed by atoms with E-state index in [4.69, 9.17) is 4.74 Å². The number of carbonyl (C=O) groups excluding carboxylic acids is 3. The molecule has 0 saturated carbocycles. The summed E-state index contributed by atoms with van der Waals surface area (Å²) in [5.41, 5.74) is -5.08. The Hall–Kier alpha value is -3.13. The third-order valence-corrected chi connectivity index (χ3v) is 5.76. The number of aromatic hydroxyl groups is 3. The van der Waals surface area contributed by atoms with Gasteiger partial charge < -0.3 is 25.2 Å². The van der Waals surface area contributed by atoms with Crippen molar-refractivity contribution in [2.75, 3.05) is 7.11 Å². The Morgan fingerprint density at radius 2 is 1.57 bits per heavy atom. The van der Waals surface area contributed by atoms with Gasteiger partial charge in [-0.3, -0.25) is 14.4 Å². The Labute approximate surface area is 160 Å². The van der Waals surface area contributed by atoms with Crippen molar-refractivity contribution < 1.29 is 39.5 Å². The van der Waals surface area contributed by atoms with E-state index in [1.54, 1.807) is 0 Å². The number of ketones is 3. The first-order valence-electron chi connectivity index (χ1n) is 8.45. The third-order valence-electron chi connectivity index (χ3n) is 5.76. The van der Waals surface area contributed by atoms with Crippen molar-refractivity contribution in [3.8, 4) is 23.0 Å². The molecule has 1 aliphatic carbocycles. The zero-order valence-electron chi connectivity index (χ0n) is 16.0. The van der Waals surface area contributed by atoms with Gasteiger partial charge in [0.1, 0.15) is 11.5 Å². The summed E-state index contributed by atoms with van der Waals surface area (Å²) in [7, 11) is 1.13. The Morgan fingerprint density at radius 1 is 1.04 bits per heavy atom. The number of aliphatic hydroxyl groups is 1. The Kier molecular flexibility index (Phi) is 3.98. The van der Waals surface area contributed by atoms with Crippen molar-refractivity contribution in [2.24, 2.45) is 5.41 Å². The van der Waals surface area contributed by atoms with Crippen LogP contribution in [0.15, 0.2) is 6.07 Å². The van der Waals surface area contributed by atoms with E-state index >= 15 is 0 Å². The van der Waals surface area contributed by atoms with E-state index in [-0.39, 0.29) is 21.9 Å². The number of rotatable bonds is 3. The van der Waals surface area contributed by atoms with Gasteiger partial charge in [-0.25, -0.2) is 0 Å². The number of carbonyl (C=O) groups is 3. The van der Waals surface area contributed by atoms with E-state index in [1.807, 2.05) is 0 Å². The molecule has 1 unspecified atom stereocenters. The number of phenols is 3. The van der Waals surface area contributed by atoms with Crippen molar-refractivity contribution in [3.63, 3.8) is 0 Å². The van der Waals surface area contributed by atoms with Crippen molar-refractivity contribution in [2.45, 2.75) is 33.3 Å². The lowest BCUT2D eigenvalue weighted by Crippen LogP contribution is -2.61. The van der Waals surface area contributed by atoms with E-state index < -0.39 is 56.9 Å². The molecular weight excluding hydrogens is 368 g/mol. The number of aryl methyl sites for hydroxylation is 1. The first kappa shape index (κ1) is 19.6. The minimum Gasteiger partial charge on any atom is -0.507 e. The van der Waals surface area contributed by atoms with E-state index in [0.29, 0.717) is 0 Å². The van der Waals surface area contributed by atoms with Crippen LogP contribution in [0.4, 0.5) is 0 Å². The van der Waals surface area contributed by atoms with Crippen molar-refractivity contribution in [1.29, 1.82) is 0 Å². The zero-order valence-corrected chi connectivity index (χ0v) is 16.0. The molecule has 0 aliphatic heterocycles. The molecule has 0 bridgehead atoms. The molecule has 0 heterocycles. The minimum absolute atomic E-state index is 0.174. The molecular formula is C20H20O8. The van der Waals surface area contributed by atoms with Gasteiger partial charge in [-0.2, -0.15) is 0 Å². The SMILES string of the molecule is COc1c(O)c2c3c(c(C)cc(O)c3c1O)C(=O)C(O)(C(C)(C)C(C)=O)C2=O. The van der Waals surface area contributed by atoms with Gasteiger partial charge in [-0.1, -0.05) is 0 Å². The summed E-state index contributed by atoms with van der Waals surface area (Å²) in [5.74, 6) is -5.27. The van der Waals surface area contributed by atoms with Crippen LogP contribution in [-0.2, 0) is 4.79 Å². The van der Waals surface area contributed by atoms with E-state index in [1.165, 1.54) is 26.8 Å². The average molecular weight is 388 g/mol. The smallest absolute Gasteiger partial charge is 0.207 e. The van der Waals surface area contributed by atoms with Crippen LogP contribution in [0.25, 0.3) is 10.8 Å². The standard InChI is InChI=1S/C20H20O8/c1-7-6-9(22)11-12-10(7)17(25)20(27,19(3,4)8(2)21)18(26)13(12)15(24)16(28-5)14(11)23/h6,22-24,27H,1-5H3. The maximum Gasteiger partial charge on any atom is 0.207 e. The van der Waals surface area contributed by atoms with Gasteiger partial charge in [0.25, 0.3) is 0 Å². The average Bonchev–Trinajstić information content (AvgIpc) is 2.59. The molecule has 8 heteroatoms. The molecule has 4 N–H and O–H groups in total. The number of methoxy groups -OCH3 is 1. The molecule has 8 nitrogen and oxygen atoms in total. The molecule has 0 fully saturated rings. The van der Waals surface area contributed by atoms with E-state index in [0.717, 1.165) is 14.0 Å². The Balaban J connectivity index is 2.63. The predicted molar refractivity (Wildman–Crippen MR) is 98.3 cm³/mol. The maximum absolute atomic E-state index is 13.3. The summed E-state index contributed by atoms with van der Waals surface area (Å²) in [6.07, 6.45) is 0. The normalized spacial score (nSPS) is 19.2. The molecule has 1 aliphatic rings. The quantitative estimate of drug-likeness (QED) is 0.585. The molecule has 0 saturated heterocycles. The van der Waals surface area contributed by atoms with Crippen molar-refractivity contribution >= 4 is 28.1 Å². The summed E-state index contributed by atoms with van der Waals surface area (Å²) in [5, 5.41) is 42.2. The number of benzene rings is 2. The lowest BCUT2D eigenvalue weighted by Gasteiger charge is -2.41. The molecule has 0 radical (unpaired) electrons. The van der Waals surface area contributed by atoms with Crippen LogP contribution < -0.4 is 4.74 Å². The summed E-state index contributed by atoms with van der Waals surface area (Å²) >= 11 is 0. The van der Waals surface area contributed by atoms with Crippen LogP contribution in [0.3, 0.4) is 0 Å². The Morgan fingerprint density at radius 3 is 2.07 bits per heavy atom. The number of hydrogen-bond acceptors (Lipinski definition) is 8. The van der Waals surface area contributed by atoms with E-state index in [9.17, 15) is 34.8 Å². The minimum atomic E-state index is -2.79. The lowest BCUT2D eigenvalue weighted by atomic mass is 9.61. The Bertz CT molecular complexity index is 1100. The third kappa shape index (κ3) is 2.00. The van der Waals surface area contributed by atoms with Crippen molar-refractivity contribution in [1.82, 2.24) is 0 Å². The highest BCUT2D eigenvalue weighted by Gasteiger charge is 2.62. The second kappa shape index (κ2) is 5.68. The maximum atomic E-state index is 13.3. The fraction of sp³-hybridized carbons (Fsp3) is 0.350. The summed E-state index contributed by atoms with van der Waals surface area (Å²) in [6.45, 7) is 5.13. The number of hydrogen-bond donors (Lipinski definition) is 4. The van der Waals surface area contributed by atoms with Crippen LogP contribution in [0, 0.1) is 12.3 Å². The van der Waals surface area contributed by atoms with Gasteiger partial charge in [0.15, 0.2) is 11.5 Å². The monoisotopic (exact) mass is 388 g/mol. The molecule has 148 valence electrons. The van der Waals surface area contributed by atoms with Crippen molar-refractivity contribution in [3.05, 3.63) is 22.8 Å². The van der Waals surface area contributed by atoms with Crippen LogP contribution >= 0.6 is 0 Å². The highest BCUT2D eigenvalue weighted by Crippen LogP contribution is 2.55. The highest BCUT2D eigenvalue weighted by atomic mass is 16.5. The second-order valence-corrected chi connectivity index (χ2v) is 7.49. The topological polar surface area (TPSA) is 141 Å². The van der Waals surface area contributed by atoms with E-state index in [2.05, 4.69) is 0 Å². The summed E-state index contributed by atoms with van der Waals surface area (Å²) in [4.78, 5) is 38.8. The van der Waals surface area contributed by atoms with Crippen LogP contribution in [-0.4, -0.2) is 50.5 Å². The fourth-order valence-corrected chi connectivity index (χ4v) is 3.74. The number of Topliss-reactive ketones (excluding diaryl/α,β-unsaturated/α-hetero) is 3.